The fraction of sp³-hybridized carbons (Fsp3) is 0.421. The summed E-state index contributed by atoms with van der Waals surface area (Å²) >= 11 is 1.76. The largest absolute Gasteiger partial charge is 0.496 e. The van der Waals surface area contributed by atoms with Gasteiger partial charge in [-0.15, -0.1) is 11.3 Å². The van der Waals surface area contributed by atoms with E-state index in [1.54, 1.807) is 23.3 Å². The van der Waals surface area contributed by atoms with Gasteiger partial charge in [0.1, 0.15) is 5.75 Å². The normalized spacial score (nSPS) is 14.0. The summed E-state index contributed by atoms with van der Waals surface area (Å²) in [4.78, 5) is 18.1. The van der Waals surface area contributed by atoms with Crippen LogP contribution in [0.25, 0.3) is 0 Å². The molecule has 1 fully saturated rings. The smallest absolute Gasteiger partial charge is 0.236 e. The summed E-state index contributed by atoms with van der Waals surface area (Å²) in [7, 11) is 3.53. The zero-order valence-electron chi connectivity index (χ0n) is 14.3. The van der Waals surface area contributed by atoms with Crippen molar-refractivity contribution in [3.63, 3.8) is 0 Å². The first-order valence-corrected chi connectivity index (χ1v) is 9.17. The van der Waals surface area contributed by atoms with E-state index in [1.165, 1.54) is 17.7 Å². The Morgan fingerprint density at radius 1 is 1.21 bits per heavy atom. The predicted molar refractivity (Wildman–Crippen MR) is 97.2 cm³/mol. The Labute approximate surface area is 147 Å². The number of thiophene rings is 1. The number of hydrogen-bond acceptors (Lipinski definition) is 4. The summed E-state index contributed by atoms with van der Waals surface area (Å²) in [6, 6.07) is 12.6. The minimum Gasteiger partial charge on any atom is -0.496 e. The third-order valence-corrected chi connectivity index (χ3v) is 5.23. The molecule has 1 saturated carbocycles. The van der Waals surface area contributed by atoms with Gasteiger partial charge < -0.3 is 9.64 Å². The lowest BCUT2D eigenvalue weighted by Crippen LogP contribution is -2.38. The molecule has 5 heteroatoms. The number of benzene rings is 1. The van der Waals surface area contributed by atoms with Crippen LogP contribution in [0.2, 0.25) is 0 Å². The monoisotopic (exact) mass is 344 g/mol. The molecule has 0 bridgehead atoms. The number of hydrogen-bond donors (Lipinski definition) is 0. The fourth-order valence-corrected chi connectivity index (χ4v) is 3.56. The predicted octanol–water partition coefficient (Wildman–Crippen LogP) is 3.38. The number of rotatable bonds is 8. The Kier molecular flexibility index (Phi) is 5.53. The molecule has 1 amide bonds. The highest BCUT2D eigenvalue weighted by Crippen LogP contribution is 2.29. The van der Waals surface area contributed by atoms with Crippen molar-refractivity contribution < 1.29 is 9.53 Å². The number of nitrogens with zero attached hydrogens (tertiary/aromatic N) is 2. The van der Waals surface area contributed by atoms with Crippen LogP contribution in [-0.2, 0) is 17.9 Å². The second kappa shape index (κ2) is 7.81. The highest BCUT2D eigenvalue weighted by Gasteiger charge is 2.31. The third-order valence-electron chi connectivity index (χ3n) is 4.37. The van der Waals surface area contributed by atoms with Crippen molar-refractivity contribution in [1.29, 1.82) is 0 Å². The van der Waals surface area contributed by atoms with Crippen LogP contribution in [0.1, 0.15) is 23.3 Å². The minimum absolute atomic E-state index is 0.157. The van der Waals surface area contributed by atoms with E-state index >= 15 is 0 Å². The maximum Gasteiger partial charge on any atom is 0.236 e. The van der Waals surface area contributed by atoms with Crippen molar-refractivity contribution >= 4 is 17.2 Å². The number of methoxy groups -OCH3 is 1. The Morgan fingerprint density at radius 3 is 2.67 bits per heavy atom. The van der Waals surface area contributed by atoms with Crippen LogP contribution in [0.15, 0.2) is 41.8 Å². The quantitative estimate of drug-likeness (QED) is 0.736. The maximum atomic E-state index is 12.7. The minimum atomic E-state index is 0.157. The van der Waals surface area contributed by atoms with Gasteiger partial charge >= 0.3 is 0 Å². The molecule has 4 nitrogen and oxygen atoms in total. The number of carbonyl (C=O) groups is 1. The van der Waals surface area contributed by atoms with E-state index in [0.29, 0.717) is 19.1 Å². The van der Waals surface area contributed by atoms with Crippen molar-refractivity contribution in [2.75, 3.05) is 20.7 Å². The van der Waals surface area contributed by atoms with Crippen molar-refractivity contribution in [1.82, 2.24) is 9.80 Å². The van der Waals surface area contributed by atoms with E-state index in [0.717, 1.165) is 17.9 Å². The van der Waals surface area contributed by atoms with Gasteiger partial charge in [0.05, 0.1) is 13.7 Å². The van der Waals surface area contributed by atoms with E-state index < -0.39 is 0 Å². The van der Waals surface area contributed by atoms with Crippen LogP contribution < -0.4 is 4.74 Å². The van der Waals surface area contributed by atoms with Crippen LogP contribution in [0, 0.1) is 0 Å². The van der Waals surface area contributed by atoms with Gasteiger partial charge in [-0.3, -0.25) is 9.69 Å². The fourth-order valence-electron chi connectivity index (χ4n) is 2.83. The summed E-state index contributed by atoms with van der Waals surface area (Å²) < 4.78 is 5.38. The zero-order chi connectivity index (χ0) is 16.9. The first-order valence-electron chi connectivity index (χ1n) is 8.29. The van der Waals surface area contributed by atoms with E-state index in [-0.39, 0.29) is 5.91 Å². The molecule has 1 aromatic heterocycles. The van der Waals surface area contributed by atoms with Gasteiger partial charge in [0, 0.05) is 36.6 Å². The molecule has 0 unspecified atom stereocenters. The van der Waals surface area contributed by atoms with Crippen LogP contribution in [0.4, 0.5) is 0 Å². The molecule has 1 aliphatic rings. The first-order chi connectivity index (χ1) is 11.7. The summed E-state index contributed by atoms with van der Waals surface area (Å²) in [6.45, 7) is 1.92. The Morgan fingerprint density at radius 2 is 2.00 bits per heavy atom. The Bertz CT molecular complexity index is 668. The molecule has 1 aromatic carbocycles. The van der Waals surface area contributed by atoms with Gasteiger partial charge in [-0.1, -0.05) is 24.3 Å². The number of para-hydroxylation sites is 1. The summed E-state index contributed by atoms with van der Waals surface area (Å²) in [5.41, 5.74) is 1.03. The van der Waals surface area contributed by atoms with Crippen molar-refractivity contribution in [3.05, 3.63) is 52.2 Å². The number of likely N-dealkylation sites (N-methyl/N-ethyl adjacent to an activating group) is 1. The third kappa shape index (κ3) is 4.36. The van der Waals surface area contributed by atoms with Crippen LogP contribution in [-0.4, -0.2) is 42.5 Å². The lowest BCUT2D eigenvalue weighted by molar-refractivity contribution is -0.132. The highest BCUT2D eigenvalue weighted by atomic mass is 32.1. The van der Waals surface area contributed by atoms with E-state index in [2.05, 4.69) is 22.4 Å². The molecule has 0 saturated heterocycles. The molecule has 0 aliphatic heterocycles. The molecule has 1 heterocycles. The first kappa shape index (κ1) is 17.0. The standard InChI is InChI=1S/C19H24N2O2S/c1-20(12-15-6-3-4-8-18(15)23-2)19(22)14-21(16-9-10-16)13-17-7-5-11-24-17/h3-8,11,16H,9-10,12-14H2,1-2H3. The molecule has 1 aliphatic carbocycles. The van der Waals surface area contributed by atoms with Crippen LogP contribution in [0.5, 0.6) is 5.75 Å². The van der Waals surface area contributed by atoms with Gasteiger partial charge in [-0.2, -0.15) is 0 Å². The van der Waals surface area contributed by atoms with E-state index in [9.17, 15) is 4.79 Å². The molecule has 3 rings (SSSR count). The number of carbonyl (C=O) groups excluding carboxylic acids is 1. The van der Waals surface area contributed by atoms with Gasteiger partial charge in [-0.05, 0) is 30.4 Å². The summed E-state index contributed by atoms with van der Waals surface area (Å²) in [5, 5.41) is 2.09. The SMILES string of the molecule is COc1ccccc1CN(C)C(=O)CN(Cc1cccs1)C1CC1. The summed E-state index contributed by atoms with van der Waals surface area (Å²) in [6.07, 6.45) is 2.41. The maximum absolute atomic E-state index is 12.7. The van der Waals surface area contributed by atoms with E-state index in [4.69, 9.17) is 4.74 Å². The van der Waals surface area contributed by atoms with Gasteiger partial charge in [0.15, 0.2) is 0 Å². The second-order valence-electron chi connectivity index (χ2n) is 6.28. The average Bonchev–Trinajstić information content (AvgIpc) is 3.32. The van der Waals surface area contributed by atoms with E-state index in [1.807, 2.05) is 31.3 Å². The number of amides is 1. The van der Waals surface area contributed by atoms with Gasteiger partial charge in [0.2, 0.25) is 5.91 Å². The molecular formula is C19H24N2O2S. The van der Waals surface area contributed by atoms with Gasteiger partial charge in [-0.25, -0.2) is 0 Å². The number of ether oxygens (including phenoxy) is 1. The Hall–Kier alpha value is -1.85. The molecule has 128 valence electrons. The molecule has 0 atom stereocenters. The molecule has 2 aromatic rings. The molecule has 0 N–H and O–H groups in total. The highest BCUT2D eigenvalue weighted by molar-refractivity contribution is 7.09. The second-order valence-corrected chi connectivity index (χ2v) is 7.31. The van der Waals surface area contributed by atoms with Crippen molar-refractivity contribution in [2.45, 2.75) is 32.0 Å². The van der Waals surface area contributed by atoms with Crippen molar-refractivity contribution in [3.8, 4) is 5.75 Å². The lowest BCUT2D eigenvalue weighted by atomic mass is 10.2. The van der Waals surface area contributed by atoms with Crippen molar-refractivity contribution in [2.24, 2.45) is 0 Å². The zero-order valence-corrected chi connectivity index (χ0v) is 15.1. The topological polar surface area (TPSA) is 32.8 Å². The summed E-state index contributed by atoms with van der Waals surface area (Å²) in [5.74, 6) is 0.985. The molecular weight excluding hydrogens is 320 g/mol. The van der Waals surface area contributed by atoms with Gasteiger partial charge in [0.25, 0.3) is 0 Å². The van der Waals surface area contributed by atoms with Crippen LogP contribution >= 0.6 is 11.3 Å². The molecule has 24 heavy (non-hydrogen) atoms. The molecule has 0 radical (unpaired) electrons. The Balaban J connectivity index is 1.60. The average molecular weight is 344 g/mol. The molecule has 0 spiro atoms. The lowest BCUT2D eigenvalue weighted by Gasteiger charge is -2.25. The van der Waals surface area contributed by atoms with Crippen LogP contribution in [0.3, 0.4) is 0 Å².